The van der Waals surface area contributed by atoms with E-state index in [0.29, 0.717) is 34.7 Å². The minimum Gasteiger partial charge on any atom is -0.475 e. The predicted octanol–water partition coefficient (Wildman–Crippen LogP) is 8.15. The van der Waals surface area contributed by atoms with Crippen molar-refractivity contribution in [3.63, 3.8) is 0 Å². The average molecular weight is 764 g/mol. The van der Waals surface area contributed by atoms with E-state index < -0.39 is 23.5 Å². The zero-order valence-corrected chi connectivity index (χ0v) is 29.0. The molecule has 1 aromatic rings. The first-order valence-corrected chi connectivity index (χ1v) is 13.2. The van der Waals surface area contributed by atoms with Crippen LogP contribution in [-0.4, -0.2) is 22.8 Å². The number of anilines is 1. The molecule has 0 saturated heterocycles. The Morgan fingerprint density at radius 3 is 2.13 bits per heavy atom. The smallest absolute Gasteiger partial charge is 0.376 e. The number of amides is 1. The van der Waals surface area contributed by atoms with Crippen LogP contribution in [0, 0.1) is 55.7 Å². The van der Waals surface area contributed by atoms with E-state index in [9.17, 15) is 23.9 Å². The molecule has 2 atom stereocenters. The number of carbonyl (C=O) groups excluding carboxylic acids is 2. The van der Waals surface area contributed by atoms with Gasteiger partial charge in [0.05, 0.1) is 0 Å². The molecule has 7 heteroatoms. The predicted molar refractivity (Wildman–Crippen MR) is 155 cm³/mol. The van der Waals surface area contributed by atoms with E-state index in [1.54, 1.807) is 19.9 Å². The topological polar surface area (TPSA) is 83.5 Å². The number of Topliss-reactive ketones (excluding diaryl/α,β-unsaturated/α-hetero) is 1. The van der Waals surface area contributed by atoms with Crippen LogP contribution in [0.25, 0.3) is 0 Å². The van der Waals surface area contributed by atoms with Crippen LogP contribution < -0.4 is 5.32 Å². The van der Waals surface area contributed by atoms with Crippen LogP contribution in [0.15, 0.2) is 76.9 Å². The summed E-state index contributed by atoms with van der Waals surface area (Å²) in [5.74, 6) is -3.35. The Morgan fingerprint density at radius 1 is 1.08 bits per heavy atom. The maximum absolute atomic E-state index is 13.8. The molecular weight excluding hydrogens is 719 g/mol. The van der Waals surface area contributed by atoms with Gasteiger partial charge < -0.3 is 10.4 Å². The van der Waals surface area contributed by atoms with Gasteiger partial charge in [-0.2, -0.15) is 0 Å². The van der Waals surface area contributed by atoms with Gasteiger partial charge in [0, 0.05) is 47.9 Å². The summed E-state index contributed by atoms with van der Waals surface area (Å²) in [4.78, 5) is 37.5. The number of carboxylic acids is 1. The van der Waals surface area contributed by atoms with Gasteiger partial charge in [0.2, 0.25) is 0 Å². The Bertz CT molecular complexity index is 1140. The summed E-state index contributed by atoms with van der Waals surface area (Å²) in [5.41, 5.74) is 2.51. The summed E-state index contributed by atoms with van der Waals surface area (Å²) in [6, 6.07) is 4.23. The number of hydrogen-bond acceptors (Lipinski definition) is 3. The molecule has 0 spiro atoms. The third-order valence-electron chi connectivity index (χ3n) is 6.38. The molecule has 0 radical (unpaired) electrons. The van der Waals surface area contributed by atoms with Crippen molar-refractivity contribution < 1.29 is 55.0 Å². The minimum atomic E-state index is -1.60. The second kappa shape index (κ2) is 19.6. The van der Waals surface area contributed by atoms with Gasteiger partial charge >= 0.3 is 5.97 Å². The van der Waals surface area contributed by atoms with Crippen LogP contribution in [0.5, 0.6) is 0 Å². The van der Waals surface area contributed by atoms with Crippen molar-refractivity contribution >= 4 is 23.3 Å². The first-order chi connectivity index (χ1) is 17.9. The first-order valence-electron chi connectivity index (χ1n) is 13.2. The molecule has 1 rings (SSSR count). The monoisotopic (exact) mass is 763 g/mol. The number of aliphatic carboxylic acids is 1. The normalized spacial score (nSPS) is 14.1. The van der Waals surface area contributed by atoms with E-state index in [1.807, 2.05) is 39.8 Å². The van der Waals surface area contributed by atoms with Gasteiger partial charge in [0.1, 0.15) is 5.82 Å². The molecule has 0 aliphatic carbocycles. The van der Waals surface area contributed by atoms with Crippen LogP contribution in [0.2, 0.25) is 0 Å². The fourth-order valence-electron chi connectivity index (χ4n) is 3.56. The standard InChI is InChI=1S/C30H38FNO4.C2H6.U/c1-9-18(4)13-12-14-23(11-3)26(19(5)10-2)27(21(7)22(8)28(33)30(35)36)29(34)32-24-15-16-25(31)20(6)17-24;1-2;/h11-19H,3,9-10H2,1-2,4-8H3,(H,32,34)(H,35,36);1-2H3;/b13-12-,22-21+,23-14+,27-26-;;. The second-order valence-electron chi connectivity index (χ2n) is 9.00. The molecular formula is C32H44FNO4U. The van der Waals surface area contributed by atoms with Crippen molar-refractivity contribution in [1.82, 2.24) is 0 Å². The van der Waals surface area contributed by atoms with Crippen molar-refractivity contribution in [3.05, 3.63) is 88.3 Å². The third-order valence-corrected chi connectivity index (χ3v) is 6.38. The molecule has 1 amide bonds. The van der Waals surface area contributed by atoms with Crippen LogP contribution in [-0.2, 0) is 14.4 Å². The fourth-order valence-corrected chi connectivity index (χ4v) is 3.56. The molecule has 0 bridgehead atoms. The van der Waals surface area contributed by atoms with Crippen molar-refractivity contribution in [1.29, 1.82) is 0 Å². The second-order valence-corrected chi connectivity index (χ2v) is 9.00. The van der Waals surface area contributed by atoms with Crippen molar-refractivity contribution in [2.24, 2.45) is 11.8 Å². The molecule has 0 aliphatic heterocycles. The SMILES string of the molecule is C=CC(=C\C=C/C(C)CC)/C(=C(C(=O)Nc1ccc(F)c(C)c1)/C(C)=C(\C)C(=O)C(=O)O)C(C)CC.CC.[U]. The molecule has 2 unspecified atom stereocenters. The average Bonchev–Trinajstić information content (AvgIpc) is 2.91. The van der Waals surface area contributed by atoms with E-state index >= 15 is 0 Å². The largest absolute Gasteiger partial charge is 0.475 e. The zero-order valence-electron chi connectivity index (χ0n) is 24.9. The molecule has 0 aromatic heterocycles. The summed E-state index contributed by atoms with van der Waals surface area (Å²) in [6.45, 7) is 20.6. The van der Waals surface area contributed by atoms with Crippen molar-refractivity contribution in [2.45, 2.75) is 75.2 Å². The van der Waals surface area contributed by atoms with E-state index in [-0.39, 0.29) is 53.8 Å². The number of carbonyl (C=O) groups is 3. The molecule has 0 heterocycles. The Morgan fingerprint density at radius 2 is 1.67 bits per heavy atom. The minimum absolute atomic E-state index is 0. The molecule has 0 aliphatic rings. The van der Waals surface area contributed by atoms with Gasteiger partial charge in [-0.25, -0.2) is 9.18 Å². The Labute approximate surface area is 257 Å². The maximum Gasteiger partial charge on any atom is 0.376 e. The number of carboxylic acid groups (broad SMARTS) is 1. The number of hydrogen-bond donors (Lipinski definition) is 2. The van der Waals surface area contributed by atoms with E-state index in [4.69, 9.17) is 0 Å². The quantitative estimate of drug-likeness (QED) is 0.128. The molecule has 212 valence electrons. The maximum atomic E-state index is 13.8. The summed E-state index contributed by atoms with van der Waals surface area (Å²) in [6.07, 6.45) is 9.16. The molecule has 1 aromatic carbocycles. The molecule has 0 saturated carbocycles. The summed E-state index contributed by atoms with van der Waals surface area (Å²) in [5, 5.41) is 12.1. The molecule has 0 fully saturated rings. The number of rotatable bonds is 12. The number of nitrogens with one attached hydrogen (secondary N) is 1. The van der Waals surface area contributed by atoms with Crippen LogP contribution in [0.1, 0.15) is 73.8 Å². The number of aryl methyl sites for hydroxylation is 1. The number of allylic oxidation sites excluding steroid dienone is 6. The van der Waals surface area contributed by atoms with E-state index in [2.05, 4.69) is 31.8 Å². The van der Waals surface area contributed by atoms with Crippen LogP contribution >= 0.6 is 0 Å². The zero-order chi connectivity index (χ0) is 29.6. The molecule has 2 N–H and O–H groups in total. The van der Waals surface area contributed by atoms with E-state index in [0.717, 1.165) is 6.42 Å². The fraction of sp³-hybridized carbons (Fsp3) is 0.406. The summed E-state index contributed by atoms with van der Waals surface area (Å²) < 4.78 is 13.8. The molecule has 5 nitrogen and oxygen atoms in total. The number of ketones is 1. The van der Waals surface area contributed by atoms with Crippen molar-refractivity contribution in [3.8, 4) is 0 Å². The summed E-state index contributed by atoms with van der Waals surface area (Å²) in [7, 11) is 0. The van der Waals surface area contributed by atoms with Gasteiger partial charge in [0.25, 0.3) is 11.7 Å². The number of benzene rings is 1. The van der Waals surface area contributed by atoms with Gasteiger partial charge in [-0.3, -0.25) is 9.59 Å². The van der Waals surface area contributed by atoms with Gasteiger partial charge in [-0.05, 0) is 79.5 Å². The first kappa shape index (κ1) is 38.7. The van der Waals surface area contributed by atoms with Gasteiger partial charge in [0.15, 0.2) is 0 Å². The van der Waals surface area contributed by atoms with Gasteiger partial charge in [-0.1, -0.05) is 78.8 Å². The Balaban J connectivity index is 0. The summed E-state index contributed by atoms with van der Waals surface area (Å²) >= 11 is 0. The van der Waals surface area contributed by atoms with Crippen LogP contribution in [0.4, 0.5) is 10.1 Å². The number of halogens is 1. The van der Waals surface area contributed by atoms with Crippen molar-refractivity contribution in [2.75, 3.05) is 5.32 Å². The van der Waals surface area contributed by atoms with E-state index in [1.165, 1.54) is 25.1 Å². The third kappa shape index (κ3) is 11.6. The molecule has 39 heavy (non-hydrogen) atoms. The van der Waals surface area contributed by atoms with Gasteiger partial charge in [-0.15, -0.1) is 0 Å². The Hall–Kier alpha value is -2.49. The Kier molecular flexibility index (Phi) is 19.4. The van der Waals surface area contributed by atoms with Crippen LogP contribution in [0.3, 0.4) is 0 Å².